The van der Waals surface area contributed by atoms with Gasteiger partial charge >= 0.3 is 0 Å². The number of aromatic nitrogens is 2. The third-order valence-corrected chi connectivity index (χ3v) is 4.66. The molecule has 5 nitrogen and oxygen atoms in total. The molecule has 3 heterocycles. The molecule has 21 heavy (non-hydrogen) atoms. The zero-order valence-electron chi connectivity index (χ0n) is 12.8. The number of hydrogen-bond acceptors (Lipinski definition) is 5. The largest absolute Gasteiger partial charge is 0.491 e. The maximum absolute atomic E-state index is 10.3. The van der Waals surface area contributed by atoms with Crippen molar-refractivity contribution in [2.24, 2.45) is 0 Å². The Balaban J connectivity index is 1.90. The lowest BCUT2D eigenvalue weighted by molar-refractivity contribution is 0.443. The van der Waals surface area contributed by atoms with E-state index < -0.39 is 0 Å². The molecule has 116 valence electrons. The van der Waals surface area contributed by atoms with E-state index in [9.17, 15) is 5.11 Å². The van der Waals surface area contributed by atoms with E-state index in [0.717, 1.165) is 37.6 Å². The predicted octanol–water partition coefficient (Wildman–Crippen LogP) is 2.94. The van der Waals surface area contributed by atoms with Gasteiger partial charge in [0.05, 0.1) is 11.9 Å². The minimum Gasteiger partial charge on any atom is -0.491 e. The van der Waals surface area contributed by atoms with Crippen LogP contribution in [0.15, 0.2) is 6.20 Å². The van der Waals surface area contributed by atoms with Crippen LogP contribution in [0.25, 0.3) is 0 Å². The van der Waals surface area contributed by atoms with Gasteiger partial charge in [0, 0.05) is 26.2 Å². The highest BCUT2D eigenvalue weighted by Gasteiger charge is 2.23. The summed E-state index contributed by atoms with van der Waals surface area (Å²) in [5, 5.41) is 18.2. The van der Waals surface area contributed by atoms with Crippen molar-refractivity contribution in [2.45, 2.75) is 51.4 Å². The number of hydrogen-bond donors (Lipinski definition) is 1. The van der Waals surface area contributed by atoms with E-state index >= 15 is 0 Å². The van der Waals surface area contributed by atoms with Gasteiger partial charge in [-0.25, -0.2) is 0 Å². The summed E-state index contributed by atoms with van der Waals surface area (Å²) in [5.74, 6) is 0.0960. The molecule has 0 bridgehead atoms. The topological polar surface area (TPSA) is 52.5 Å². The molecule has 2 fully saturated rings. The van der Waals surface area contributed by atoms with Crippen LogP contribution in [0.3, 0.4) is 0 Å². The van der Waals surface area contributed by atoms with Crippen LogP contribution in [0, 0.1) is 0 Å². The average molecular weight is 290 g/mol. The Labute approximate surface area is 127 Å². The summed E-state index contributed by atoms with van der Waals surface area (Å²) in [6, 6.07) is 0. The van der Waals surface area contributed by atoms with E-state index in [1.165, 1.54) is 51.4 Å². The Morgan fingerprint density at radius 2 is 1.29 bits per heavy atom. The Hall–Kier alpha value is -1.52. The second kappa shape index (κ2) is 6.96. The van der Waals surface area contributed by atoms with Crippen molar-refractivity contribution < 1.29 is 5.11 Å². The highest BCUT2D eigenvalue weighted by molar-refractivity contribution is 5.74. The van der Waals surface area contributed by atoms with Crippen molar-refractivity contribution in [1.82, 2.24) is 10.2 Å². The smallest absolute Gasteiger partial charge is 0.257 e. The number of aromatic hydroxyl groups is 1. The van der Waals surface area contributed by atoms with Gasteiger partial charge in [-0.1, -0.05) is 25.7 Å². The van der Waals surface area contributed by atoms with Crippen LogP contribution in [-0.2, 0) is 0 Å². The van der Waals surface area contributed by atoms with Gasteiger partial charge in [-0.2, -0.15) is 5.10 Å². The van der Waals surface area contributed by atoms with E-state index in [2.05, 4.69) is 20.0 Å². The van der Waals surface area contributed by atoms with Gasteiger partial charge in [-0.3, -0.25) is 0 Å². The maximum Gasteiger partial charge on any atom is 0.257 e. The first kappa shape index (κ1) is 14.4. The van der Waals surface area contributed by atoms with Crippen molar-refractivity contribution in [2.75, 3.05) is 36.0 Å². The highest BCUT2D eigenvalue weighted by Crippen LogP contribution is 2.37. The molecule has 0 radical (unpaired) electrons. The molecule has 1 aromatic rings. The second-order valence-electron chi connectivity index (χ2n) is 6.20. The molecule has 0 unspecified atom stereocenters. The first-order chi connectivity index (χ1) is 10.4. The van der Waals surface area contributed by atoms with E-state index in [1.807, 2.05) is 6.20 Å². The number of anilines is 2. The Kier molecular flexibility index (Phi) is 4.78. The molecule has 1 N–H and O–H groups in total. The molecule has 0 aliphatic carbocycles. The molecule has 0 atom stereocenters. The van der Waals surface area contributed by atoms with E-state index in [-0.39, 0.29) is 5.88 Å². The molecule has 2 aliphatic rings. The van der Waals surface area contributed by atoms with Crippen LogP contribution in [0.2, 0.25) is 0 Å². The minimum atomic E-state index is 0.0960. The summed E-state index contributed by atoms with van der Waals surface area (Å²) in [6.07, 6.45) is 11.9. The zero-order chi connectivity index (χ0) is 14.5. The first-order valence-electron chi connectivity index (χ1n) is 8.41. The predicted molar refractivity (Wildman–Crippen MR) is 85.1 cm³/mol. The van der Waals surface area contributed by atoms with Crippen LogP contribution in [0.5, 0.6) is 5.88 Å². The summed E-state index contributed by atoms with van der Waals surface area (Å²) in [4.78, 5) is 4.71. The molecule has 5 heteroatoms. The third kappa shape index (κ3) is 3.39. The molecule has 0 saturated carbocycles. The molecule has 2 saturated heterocycles. The standard InChI is InChI=1S/C16H26N4O/c21-16-15(20-11-7-3-4-8-12-20)14(13-17-18-16)19-9-5-1-2-6-10-19/h13H,1-12H2,(H,18,21). The SMILES string of the molecule is Oc1nncc(N2CCCCCC2)c1N1CCCCCC1. The van der Waals surface area contributed by atoms with Crippen molar-refractivity contribution in [3.63, 3.8) is 0 Å². The van der Waals surface area contributed by atoms with E-state index in [4.69, 9.17) is 0 Å². The highest BCUT2D eigenvalue weighted by atomic mass is 16.3. The molecule has 0 spiro atoms. The van der Waals surface area contributed by atoms with Crippen molar-refractivity contribution in [3.8, 4) is 5.88 Å². The Bertz CT molecular complexity index is 450. The molecular weight excluding hydrogens is 264 g/mol. The van der Waals surface area contributed by atoms with Crippen LogP contribution in [0.4, 0.5) is 11.4 Å². The van der Waals surface area contributed by atoms with Gasteiger partial charge in [0.2, 0.25) is 0 Å². The quantitative estimate of drug-likeness (QED) is 0.907. The van der Waals surface area contributed by atoms with Crippen LogP contribution in [-0.4, -0.2) is 41.5 Å². The first-order valence-corrected chi connectivity index (χ1v) is 8.41. The Morgan fingerprint density at radius 1 is 0.762 bits per heavy atom. The van der Waals surface area contributed by atoms with Crippen LogP contribution < -0.4 is 9.80 Å². The molecule has 1 aromatic heterocycles. The van der Waals surface area contributed by atoms with Crippen molar-refractivity contribution in [1.29, 1.82) is 0 Å². The van der Waals surface area contributed by atoms with Crippen molar-refractivity contribution >= 4 is 11.4 Å². The lowest BCUT2D eigenvalue weighted by atomic mass is 10.2. The van der Waals surface area contributed by atoms with Crippen molar-refractivity contribution in [3.05, 3.63) is 6.20 Å². The lowest BCUT2D eigenvalue weighted by Crippen LogP contribution is -2.30. The van der Waals surface area contributed by atoms with Gasteiger partial charge < -0.3 is 14.9 Å². The molecule has 3 rings (SSSR count). The molecule has 0 aromatic carbocycles. The minimum absolute atomic E-state index is 0.0960. The second-order valence-corrected chi connectivity index (χ2v) is 6.20. The Morgan fingerprint density at radius 3 is 1.86 bits per heavy atom. The van der Waals surface area contributed by atoms with E-state index in [0.29, 0.717) is 0 Å². The van der Waals surface area contributed by atoms with E-state index in [1.54, 1.807) is 0 Å². The summed E-state index contributed by atoms with van der Waals surface area (Å²) in [7, 11) is 0. The van der Waals surface area contributed by atoms with Gasteiger partial charge in [-0.15, -0.1) is 5.10 Å². The number of rotatable bonds is 2. The van der Waals surface area contributed by atoms with Crippen LogP contribution >= 0.6 is 0 Å². The monoisotopic (exact) mass is 290 g/mol. The molecule has 0 amide bonds. The maximum atomic E-state index is 10.3. The normalized spacial score (nSPS) is 21.0. The van der Waals surface area contributed by atoms with Gasteiger partial charge in [0.1, 0.15) is 5.69 Å². The summed E-state index contributed by atoms with van der Waals surface area (Å²) >= 11 is 0. The fraction of sp³-hybridized carbons (Fsp3) is 0.750. The fourth-order valence-electron chi connectivity index (χ4n) is 3.50. The lowest BCUT2D eigenvalue weighted by Gasteiger charge is -2.30. The average Bonchev–Trinajstić information content (AvgIpc) is 2.92. The summed E-state index contributed by atoms with van der Waals surface area (Å²) in [5.41, 5.74) is 1.99. The zero-order valence-corrected chi connectivity index (χ0v) is 12.8. The summed E-state index contributed by atoms with van der Waals surface area (Å²) < 4.78 is 0. The third-order valence-electron chi connectivity index (χ3n) is 4.66. The van der Waals surface area contributed by atoms with Crippen LogP contribution in [0.1, 0.15) is 51.4 Å². The van der Waals surface area contributed by atoms with Gasteiger partial charge in [0.25, 0.3) is 5.88 Å². The molecular formula is C16H26N4O. The fourth-order valence-corrected chi connectivity index (χ4v) is 3.50. The molecule has 2 aliphatic heterocycles. The van der Waals surface area contributed by atoms with Gasteiger partial charge in [0.15, 0.2) is 0 Å². The number of nitrogens with zero attached hydrogens (tertiary/aromatic N) is 4. The van der Waals surface area contributed by atoms with Gasteiger partial charge in [-0.05, 0) is 25.7 Å². The summed E-state index contributed by atoms with van der Waals surface area (Å²) in [6.45, 7) is 4.15.